The van der Waals surface area contributed by atoms with E-state index in [1.54, 1.807) is 24.6 Å². The van der Waals surface area contributed by atoms with E-state index in [1.165, 1.54) is 64.2 Å². The summed E-state index contributed by atoms with van der Waals surface area (Å²) in [7, 11) is -4.53. The van der Waals surface area contributed by atoms with Crippen LogP contribution in [-0.4, -0.2) is 55.9 Å². The summed E-state index contributed by atoms with van der Waals surface area (Å²) in [6, 6.07) is 0. The Morgan fingerprint density at radius 2 is 1.26 bits per heavy atom. The van der Waals surface area contributed by atoms with Crippen LogP contribution in [0, 0.1) is 0 Å². The van der Waals surface area contributed by atoms with Crippen LogP contribution >= 0.6 is 7.26 Å². The van der Waals surface area contributed by atoms with Crippen LogP contribution in [0.2, 0.25) is 0 Å². The second kappa shape index (κ2) is 21.4. The Morgan fingerprint density at radius 3 is 1.65 bits per heavy atom. The minimum absolute atomic E-state index is 0.0371. The number of hydrogen-bond donors (Lipinski definition) is 1. The summed E-state index contributed by atoms with van der Waals surface area (Å²) >= 11 is 0. The molecule has 0 aromatic heterocycles. The fourth-order valence-corrected chi connectivity index (χ4v) is 9.18. The Balaban J connectivity index is 0. The number of carbonyl (C=O) groups excluding carboxylic acids is 1. The third kappa shape index (κ3) is 22.5. The standard InChI is InChI=1S/C18H40P.C6H10O5S/c1-5-9-13-14-18-19(15-10-6-2,16-11-7-3)17-12-8-4;1-2-6(7)11-4-3-5-12(8,9)10/h5-18H2,1-4H3;2H,1,3-5H2,(H,8,9,10)/q+1;. The SMILES string of the molecule is C=CC(=O)OCCCS(=O)(=O)O.CCCCCC[P+](CCCC)(CCCC)CCCC. The molecule has 0 unspecified atom stereocenters. The summed E-state index contributed by atoms with van der Waals surface area (Å²) in [5, 5.41) is 0. The zero-order valence-electron chi connectivity index (χ0n) is 20.7. The molecule has 186 valence electrons. The molecule has 0 aromatic rings. The Bertz CT molecular complexity index is 512. The summed E-state index contributed by atoms with van der Waals surface area (Å²) in [5.74, 6) is -1.01. The zero-order valence-corrected chi connectivity index (χ0v) is 22.5. The maximum Gasteiger partial charge on any atom is 0.330 e. The normalized spacial score (nSPS) is 11.5. The fraction of sp³-hybridized carbons (Fsp3) is 0.875. The number of unbranched alkanes of at least 4 members (excludes halogenated alkanes) is 6. The number of carbonyl (C=O) groups is 1. The highest BCUT2D eigenvalue weighted by atomic mass is 32.2. The first-order chi connectivity index (χ1) is 14.7. The van der Waals surface area contributed by atoms with Crippen molar-refractivity contribution in [1.29, 1.82) is 0 Å². The minimum Gasteiger partial charge on any atom is -0.463 e. The van der Waals surface area contributed by atoms with Crippen LogP contribution in [0.5, 0.6) is 0 Å². The van der Waals surface area contributed by atoms with Gasteiger partial charge in [0.2, 0.25) is 0 Å². The maximum absolute atomic E-state index is 10.4. The van der Waals surface area contributed by atoms with Gasteiger partial charge < -0.3 is 4.74 Å². The van der Waals surface area contributed by atoms with Crippen molar-refractivity contribution in [3.63, 3.8) is 0 Å². The van der Waals surface area contributed by atoms with Crippen LogP contribution in [0.15, 0.2) is 12.7 Å². The summed E-state index contributed by atoms with van der Waals surface area (Å²) < 4.78 is 33.0. The van der Waals surface area contributed by atoms with E-state index in [1.807, 2.05) is 0 Å². The van der Waals surface area contributed by atoms with Crippen molar-refractivity contribution in [2.24, 2.45) is 0 Å². The highest BCUT2D eigenvalue weighted by Gasteiger charge is 2.34. The monoisotopic (exact) mass is 481 g/mol. The van der Waals surface area contributed by atoms with Crippen molar-refractivity contribution in [2.45, 2.75) is 98.3 Å². The molecule has 0 aliphatic carbocycles. The van der Waals surface area contributed by atoms with E-state index in [0.29, 0.717) is 0 Å². The molecule has 0 spiro atoms. The average Bonchev–Trinajstić information content (AvgIpc) is 2.74. The lowest BCUT2D eigenvalue weighted by Gasteiger charge is -2.28. The van der Waals surface area contributed by atoms with Crippen molar-refractivity contribution in [2.75, 3.05) is 37.0 Å². The van der Waals surface area contributed by atoms with Gasteiger partial charge in [0.05, 0.1) is 37.0 Å². The summed E-state index contributed by atoms with van der Waals surface area (Å²) in [6.45, 7) is 12.5. The van der Waals surface area contributed by atoms with E-state index in [-0.39, 0.29) is 13.0 Å². The summed E-state index contributed by atoms with van der Waals surface area (Å²) in [5.41, 5.74) is 0. The van der Waals surface area contributed by atoms with Crippen LogP contribution in [0.1, 0.15) is 98.3 Å². The molecule has 0 aliphatic heterocycles. The molecule has 0 amide bonds. The lowest BCUT2D eigenvalue weighted by molar-refractivity contribution is -0.137. The molecule has 0 aromatic carbocycles. The van der Waals surface area contributed by atoms with E-state index in [4.69, 9.17) is 4.55 Å². The highest BCUT2D eigenvalue weighted by molar-refractivity contribution is 7.85. The van der Waals surface area contributed by atoms with Gasteiger partial charge in [0, 0.05) is 13.3 Å². The summed E-state index contributed by atoms with van der Waals surface area (Å²) in [4.78, 5) is 10.4. The van der Waals surface area contributed by atoms with Gasteiger partial charge >= 0.3 is 5.97 Å². The number of ether oxygens (including phenoxy) is 1. The second-order valence-corrected chi connectivity index (χ2v) is 14.4. The topological polar surface area (TPSA) is 80.7 Å². The largest absolute Gasteiger partial charge is 0.463 e. The van der Waals surface area contributed by atoms with Crippen molar-refractivity contribution >= 4 is 23.3 Å². The average molecular weight is 482 g/mol. The minimum atomic E-state index is -3.95. The molecule has 0 saturated carbocycles. The summed E-state index contributed by atoms with van der Waals surface area (Å²) in [6.07, 6.45) is 22.0. The Hall–Kier alpha value is -0.450. The molecule has 0 radical (unpaired) electrons. The van der Waals surface area contributed by atoms with E-state index < -0.39 is 29.1 Å². The van der Waals surface area contributed by atoms with Gasteiger partial charge in [0.1, 0.15) is 0 Å². The van der Waals surface area contributed by atoms with Crippen molar-refractivity contribution in [3.05, 3.63) is 12.7 Å². The molecule has 0 rings (SSSR count). The van der Waals surface area contributed by atoms with Crippen molar-refractivity contribution in [3.8, 4) is 0 Å². The Morgan fingerprint density at radius 1 is 0.806 bits per heavy atom. The van der Waals surface area contributed by atoms with Gasteiger partial charge in [-0.15, -0.1) is 0 Å². The first-order valence-corrected chi connectivity index (χ1v) is 16.4. The third-order valence-corrected chi connectivity index (χ3v) is 11.3. The molecule has 7 heteroatoms. The molecule has 0 bridgehead atoms. The van der Waals surface area contributed by atoms with Gasteiger partial charge in [0.25, 0.3) is 10.1 Å². The zero-order chi connectivity index (χ0) is 24.0. The fourth-order valence-electron chi connectivity index (χ4n) is 3.50. The lowest BCUT2D eigenvalue weighted by Crippen LogP contribution is -2.12. The maximum atomic E-state index is 10.4. The van der Waals surface area contributed by atoms with E-state index in [9.17, 15) is 13.2 Å². The molecule has 5 nitrogen and oxygen atoms in total. The van der Waals surface area contributed by atoms with E-state index in [0.717, 1.165) is 6.08 Å². The van der Waals surface area contributed by atoms with Crippen LogP contribution in [0.4, 0.5) is 0 Å². The highest BCUT2D eigenvalue weighted by Crippen LogP contribution is 2.61. The van der Waals surface area contributed by atoms with Crippen LogP contribution in [0.3, 0.4) is 0 Å². The molecule has 0 aliphatic rings. The van der Waals surface area contributed by atoms with Crippen molar-refractivity contribution < 1.29 is 22.5 Å². The Kier molecular flexibility index (Phi) is 22.6. The predicted molar refractivity (Wildman–Crippen MR) is 137 cm³/mol. The van der Waals surface area contributed by atoms with Gasteiger partial charge in [-0.2, -0.15) is 8.42 Å². The quantitative estimate of drug-likeness (QED) is 0.0708. The first kappa shape index (κ1) is 32.7. The van der Waals surface area contributed by atoms with Gasteiger partial charge in [-0.25, -0.2) is 4.79 Å². The smallest absolute Gasteiger partial charge is 0.330 e. The van der Waals surface area contributed by atoms with Crippen LogP contribution in [0.25, 0.3) is 0 Å². The van der Waals surface area contributed by atoms with E-state index in [2.05, 4.69) is 39.0 Å². The molecule has 1 N–H and O–H groups in total. The Labute approximate surface area is 193 Å². The van der Waals surface area contributed by atoms with Gasteiger partial charge in [-0.3, -0.25) is 4.55 Å². The molecule has 0 fully saturated rings. The number of rotatable bonds is 19. The van der Waals surface area contributed by atoms with Gasteiger partial charge in [0.15, 0.2) is 0 Å². The molecular weight excluding hydrogens is 431 g/mol. The van der Waals surface area contributed by atoms with Crippen LogP contribution in [-0.2, 0) is 19.6 Å². The lowest BCUT2D eigenvalue weighted by atomic mass is 10.2. The molecule has 0 heterocycles. The first-order valence-electron chi connectivity index (χ1n) is 12.3. The van der Waals surface area contributed by atoms with Gasteiger partial charge in [-0.05, 0) is 38.5 Å². The number of hydrogen-bond acceptors (Lipinski definition) is 4. The van der Waals surface area contributed by atoms with E-state index >= 15 is 0 Å². The molecule has 0 atom stereocenters. The predicted octanol–water partition coefficient (Wildman–Crippen LogP) is 6.98. The molecular formula is C24H50O5PS+. The molecule has 31 heavy (non-hydrogen) atoms. The third-order valence-electron chi connectivity index (χ3n) is 5.40. The van der Waals surface area contributed by atoms with Crippen molar-refractivity contribution in [1.82, 2.24) is 0 Å². The van der Waals surface area contributed by atoms with Crippen LogP contribution < -0.4 is 0 Å². The molecule has 0 saturated heterocycles. The second-order valence-electron chi connectivity index (χ2n) is 8.37. The number of esters is 1. The van der Waals surface area contributed by atoms with Gasteiger partial charge in [-0.1, -0.05) is 66.4 Å².